The van der Waals surface area contributed by atoms with Crippen LogP contribution in [0.1, 0.15) is 29.3 Å². The van der Waals surface area contributed by atoms with Gasteiger partial charge in [0, 0.05) is 18.2 Å². The molecule has 0 heterocycles. The Hall–Kier alpha value is -1.56. The van der Waals surface area contributed by atoms with Crippen molar-refractivity contribution in [2.24, 2.45) is 0 Å². The standard InChI is InChI=1S/C12H14F3NO2/c1-8(6-7-17)16-11(18)9-2-4-10(5-3-9)12(13,14)15/h2-5,8,17H,6-7H2,1H3,(H,16,18). The van der Waals surface area contributed by atoms with Gasteiger partial charge in [0.1, 0.15) is 0 Å². The summed E-state index contributed by atoms with van der Waals surface area (Å²) in [5.74, 6) is -0.454. The van der Waals surface area contributed by atoms with Crippen LogP contribution in [-0.2, 0) is 6.18 Å². The summed E-state index contributed by atoms with van der Waals surface area (Å²) in [4.78, 5) is 11.6. The number of aliphatic hydroxyl groups excluding tert-OH is 1. The molecule has 6 heteroatoms. The first-order valence-corrected chi connectivity index (χ1v) is 5.43. The highest BCUT2D eigenvalue weighted by atomic mass is 19.4. The molecule has 0 aliphatic rings. The fourth-order valence-electron chi connectivity index (χ4n) is 1.38. The number of halogens is 3. The normalized spacial score (nSPS) is 13.2. The number of carbonyl (C=O) groups excluding carboxylic acids is 1. The molecule has 1 atom stereocenters. The SMILES string of the molecule is CC(CCO)NC(=O)c1ccc(C(F)(F)F)cc1. The van der Waals surface area contributed by atoms with E-state index in [1.165, 1.54) is 0 Å². The summed E-state index contributed by atoms with van der Waals surface area (Å²) in [5, 5.41) is 11.2. The van der Waals surface area contributed by atoms with Crippen molar-refractivity contribution < 1.29 is 23.1 Å². The van der Waals surface area contributed by atoms with Crippen molar-refractivity contribution in [3.05, 3.63) is 35.4 Å². The molecule has 0 fully saturated rings. The number of hydrogen-bond donors (Lipinski definition) is 2. The summed E-state index contributed by atoms with van der Waals surface area (Å²) >= 11 is 0. The summed E-state index contributed by atoms with van der Waals surface area (Å²) in [5.41, 5.74) is -0.629. The fourth-order valence-corrected chi connectivity index (χ4v) is 1.38. The first kappa shape index (κ1) is 14.5. The topological polar surface area (TPSA) is 49.3 Å². The maximum Gasteiger partial charge on any atom is 0.416 e. The third-order valence-electron chi connectivity index (χ3n) is 2.41. The quantitative estimate of drug-likeness (QED) is 0.873. The van der Waals surface area contributed by atoms with Crippen LogP contribution in [-0.4, -0.2) is 23.7 Å². The highest BCUT2D eigenvalue weighted by molar-refractivity contribution is 5.94. The van der Waals surface area contributed by atoms with Gasteiger partial charge in [-0.2, -0.15) is 13.2 Å². The smallest absolute Gasteiger partial charge is 0.396 e. The number of hydrogen-bond acceptors (Lipinski definition) is 2. The minimum Gasteiger partial charge on any atom is -0.396 e. The van der Waals surface area contributed by atoms with Crippen LogP contribution in [0.15, 0.2) is 24.3 Å². The molecule has 0 spiro atoms. The average molecular weight is 261 g/mol. The molecule has 1 aromatic rings. The lowest BCUT2D eigenvalue weighted by Crippen LogP contribution is -2.33. The predicted octanol–water partition coefficient (Wildman–Crippen LogP) is 2.21. The van der Waals surface area contributed by atoms with E-state index in [1.54, 1.807) is 6.92 Å². The summed E-state index contributed by atoms with van der Waals surface area (Å²) in [7, 11) is 0. The van der Waals surface area contributed by atoms with E-state index in [0.29, 0.717) is 6.42 Å². The number of benzene rings is 1. The average Bonchev–Trinajstić information content (AvgIpc) is 2.28. The summed E-state index contributed by atoms with van der Waals surface area (Å²) in [6.45, 7) is 1.65. The first-order chi connectivity index (χ1) is 8.34. The van der Waals surface area contributed by atoms with Crippen molar-refractivity contribution in [2.45, 2.75) is 25.6 Å². The molecule has 0 radical (unpaired) electrons. The van der Waals surface area contributed by atoms with E-state index < -0.39 is 17.6 Å². The second-order valence-corrected chi connectivity index (χ2v) is 3.96. The Morgan fingerprint density at radius 1 is 1.33 bits per heavy atom. The fraction of sp³-hybridized carbons (Fsp3) is 0.417. The van der Waals surface area contributed by atoms with Crippen LogP contribution in [0.3, 0.4) is 0 Å². The Morgan fingerprint density at radius 3 is 2.33 bits per heavy atom. The number of rotatable bonds is 4. The van der Waals surface area contributed by atoms with Crippen LogP contribution in [0.2, 0.25) is 0 Å². The second-order valence-electron chi connectivity index (χ2n) is 3.96. The van der Waals surface area contributed by atoms with Crippen molar-refractivity contribution in [3.63, 3.8) is 0 Å². The zero-order valence-electron chi connectivity index (χ0n) is 9.79. The van der Waals surface area contributed by atoms with E-state index in [0.717, 1.165) is 24.3 Å². The van der Waals surface area contributed by atoms with Crippen LogP contribution in [0.5, 0.6) is 0 Å². The van der Waals surface area contributed by atoms with Gasteiger partial charge >= 0.3 is 6.18 Å². The van der Waals surface area contributed by atoms with Crippen molar-refractivity contribution in [2.75, 3.05) is 6.61 Å². The van der Waals surface area contributed by atoms with E-state index >= 15 is 0 Å². The van der Waals surface area contributed by atoms with Gasteiger partial charge in [-0.05, 0) is 37.6 Å². The molecule has 3 nitrogen and oxygen atoms in total. The van der Waals surface area contributed by atoms with Crippen molar-refractivity contribution in [1.82, 2.24) is 5.32 Å². The summed E-state index contributed by atoms with van der Waals surface area (Å²) in [6, 6.07) is 3.76. The highest BCUT2D eigenvalue weighted by Gasteiger charge is 2.30. The number of alkyl halides is 3. The number of carbonyl (C=O) groups is 1. The van der Waals surface area contributed by atoms with E-state index in [-0.39, 0.29) is 18.2 Å². The molecule has 1 rings (SSSR count). The Balaban J connectivity index is 2.71. The molecule has 0 aliphatic heterocycles. The Morgan fingerprint density at radius 2 is 1.89 bits per heavy atom. The van der Waals surface area contributed by atoms with Gasteiger partial charge in [0.15, 0.2) is 0 Å². The van der Waals surface area contributed by atoms with Crippen molar-refractivity contribution >= 4 is 5.91 Å². The van der Waals surface area contributed by atoms with Crippen LogP contribution < -0.4 is 5.32 Å². The van der Waals surface area contributed by atoms with Crippen LogP contribution in [0.4, 0.5) is 13.2 Å². The lowest BCUT2D eigenvalue weighted by Gasteiger charge is -2.13. The molecule has 2 N–H and O–H groups in total. The van der Waals surface area contributed by atoms with Gasteiger partial charge in [-0.25, -0.2) is 0 Å². The molecule has 1 unspecified atom stereocenters. The van der Waals surface area contributed by atoms with Gasteiger partial charge < -0.3 is 10.4 Å². The molecule has 1 amide bonds. The van der Waals surface area contributed by atoms with E-state index in [9.17, 15) is 18.0 Å². The van der Waals surface area contributed by atoms with Gasteiger partial charge in [-0.15, -0.1) is 0 Å². The third kappa shape index (κ3) is 4.03. The van der Waals surface area contributed by atoms with Crippen LogP contribution in [0.25, 0.3) is 0 Å². The highest BCUT2D eigenvalue weighted by Crippen LogP contribution is 2.29. The molecule has 1 aromatic carbocycles. The third-order valence-corrected chi connectivity index (χ3v) is 2.41. The van der Waals surface area contributed by atoms with Gasteiger partial charge in [-0.1, -0.05) is 0 Å². The number of amides is 1. The zero-order chi connectivity index (χ0) is 13.8. The Kier molecular flexibility index (Phi) is 4.72. The monoisotopic (exact) mass is 261 g/mol. The molecule has 100 valence electrons. The maximum atomic E-state index is 12.3. The van der Waals surface area contributed by atoms with E-state index in [4.69, 9.17) is 5.11 Å². The van der Waals surface area contributed by atoms with E-state index in [2.05, 4.69) is 5.32 Å². The minimum atomic E-state index is -4.40. The van der Waals surface area contributed by atoms with Crippen LogP contribution >= 0.6 is 0 Å². The molecule has 18 heavy (non-hydrogen) atoms. The van der Waals surface area contributed by atoms with Gasteiger partial charge in [0.25, 0.3) is 5.91 Å². The molecule has 0 saturated heterocycles. The Labute approximate surface area is 103 Å². The molecule has 0 aliphatic carbocycles. The largest absolute Gasteiger partial charge is 0.416 e. The molecular weight excluding hydrogens is 247 g/mol. The summed E-state index contributed by atoms with van der Waals surface area (Å²) < 4.78 is 36.9. The number of nitrogens with one attached hydrogen (secondary N) is 1. The number of aliphatic hydroxyl groups is 1. The van der Waals surface area contributed by atoms with Crippen molar-refractivity contribution in [1.29, 1.82) is 0 Å². The lowest BCUT2D eigenvalue weighted by molar-refractivity contribution is -0.137. The molecule has 0 aromatic heterocycles. The van der Waals surface area contributed by atoms with Gasteiger partial charge in [-0.3, -0.25) is 4.79 Å². The van der Waals surface area contributed by atoms with Crippen LogP contribution in [0, 0.1) is 0 Å². The second kappa shape index (κ2) is 5.86. The molecule has 0 saturated carbocycles. The molecular formula is C12H14F3NO2. The summed E-state index contributed by atoms with van der Waals surface area (Å²) in [6.07, 6.45) is -4.01. The maximum absolute atomic E-state index is 12.3. The molecule has 0 bridgehead atoms. The lowest BCUT2D eigenvalue weighted by atomic mass is 10.1. The zero-order valence-corrected chi connectivity index (χ0v) is 9.79. The van der Waals surface area contributed by atoms with Gasteiger partial charge in [0.05, 0.1) is 5.56 Å². The van der Waals surface area contributed by atoms with Crippen molar-refractivity contribution in [3.8, 4) is 0 Å². The Bertz CT molecular complexity index is 401. The van der Waals surface area contributed by atoms with Gasteiger partial charge in [0.2, 0.25) is 0 Å². The van der Waals surface area contributed by atoms with E-state index in [1.807, 2.05) is 0 Å². The minimum absolute atomic E-state index is 0.0611. The first-order valence-electron chi connectivity index (χ1n) is 5.43. The predicted molar refractivity (Wildman–Crippen MR) is 60.1 cm³/mol.